The fraction of sp³-hybridized carbons (Fsp3) is 0.500. The first-order valence-corrected chi connectivity index (χ1v) is 16.0. The summed E-state index contributed by atoms with van der Waals surface area (Å²) in [4.78, 5) is 25.7. The number of carbonyl (C=O) groups is 2. The molecule has 0 aliphatic carbocycles. The van der Waals surface area contributed by atoms with Gasteiger partial charge in [-0.15, -0.1) is 0 Å². The maximum atomic E-state index is 13.9. The van der Waals surface area contributed by atoms with Crippen molar-refractivity contribution in [3.8, 4) is 6.07 Å². The number of alkyl carbamates (subject to hydrolysis) is 1. The van der Waals surface area contributed by atoms with Crippen LogP contribution in [0, 0.1) is 23.0 Å². The third-order valence-electron chi connectivity index (χ3n) is 6.54. The van der Waals surface area contributed by atoms with Crippen molar-refractivity contribution < 1.29 is 36.6 Å². The van der Waals surface area contributed by atoms with Gasteiger partial charge in [-0.2, -0.15) is 5.26 Å². The van der Waals surface area contributed by atoms with Crippen molar-refractivity contribution >= 4 is 21.8 Å². The molecule has 2 aromatic carbocycles. The van der Waals surface area contributed by atoms with Crippen molar-refractivity contribution in [3.05, 3.63) is 70.8 Å². The van der Waals surface area contributed by atoms with Crippen LogP contribution in [-0.2, 0) is 38.8 Å². The summed E-state index contributed by atoms with van der Waals surface area (Å²) in [5, 5.41) is 27.6. The normalized spacial score (nSPS) is 13.4. The minimum absolute atomic E-state index is 0.0256. The molecule has 2 aromatic rings. The van der Waals surface area contributed by atoms with Crippen LogP contribution in [0.5, 0.6) is 0 Å². The molecule has 0 aromatic heterocycles. The predicted octanol–water partition coefficient (Wildman–Crippen LogP) is 2.93. The fourth-order valence-electron chi connectivity index (χ4n) is 4.27. The maximum absolute atomic E-state index is 13.9. The Hall–Kier alpha value is -3.60. The minimum atomic E-state index is -3.79. The summed E-state index contributed by atoms with van der Waals surface area (Å²) >= 11 is 0. The number of rotatable bonds is 18. The number of nitriles is 1. The van der Waals surface area contributed by atoms with E-state index < -0.39 is 57.4 Å². The summed E-state index contributed by atoms with van der Waals surface area (Å²) in [6.45, 7) is 3.94. The number of aliphatic hydroxyl groups excluding tert-OH is 1. The number of unbranched alkanes of at least 4 members (excludes halogenated alkanes) is 1. The van der Waals surface area contributed by atoms with Crippen LogP contribution in [-0.4, -0.2) is 68.4 Å². The summed E-state index contributed by atoms with van der Waals surface area (Å²) in [6.07, 6.45) is -0.879. The second-order valence-corrected chi connectivity index (χ2v) is 12.4. The number of hydrogen-bond acceptors (Lipinski definition) is 8. The van der Waals surface area contributed by atoms with E-state index in [4.69, 9.17) is 10.00 Å². The van der Waals surface area contributed by atoms with Crippen molar-refractivity contribution in [2.24, 2.45) is 0 Å². The Morgan fingerprint density at radius 1 is 1.05 bits per heavy atom. The Balaban J connectivity index is 2.25. The second-order valence-electron chi connectivity index (χ2n) is 10.2. The van der Waals surface area contributed by atoms with Crippen LogP contribution < -0.4 is 16.0 Å². The third-order valence-corrected chi connectivity index (χ3v) is 8.29. The van der Waals surface area contributed by atoms with Crippen molar-refractivity contribution in [1.82, 2.24) is 16.0 Å². The molecule has 2 rings (SSSR count). The number of ether oxygens (including phenoxy) is 1. The molecule has 0 unspecified atom stereocenters. The highest BCUT2D eigenvalue weighted by molar-refractivity contribution is 7.91. The van der Waals surface area contributed by atoms with Crippen LogP contribution in [0.15, 0.2) is 42.5 Å². The molecule has 0 fully saturated rings. The molecular formula is C30H40F2N4O6S. The largest absolute Gasteiger partial charge is 0.448 e. The number of nitrogens with one attached hydrogen (secondary N) is 3. The van der Waals surface area contributed by atoms with Crippen LogP contribution in [0.25, 0.3) is 0 Å². The number of aliphatic hydroxyl groups is 1. The zero-order valence-electron chi connectivity index (χ0n) is 24.4. The van der Waals surface area contributed by atoms with E-state index in [0.717, 1.165) is 29.7 Å². The molecule has 0 bridgehead atoms. The van der Waals surface area contributed by atoms with Gasteiger partial charge in [0.1, 0.15) is 24.3 Å². The smallest absolute Gasteiger partial charge is 0.407 e. The Kier molecular flexibility index (Phi) is 15.0. The van der Waals surface area contributed by atoms with E-state index in [1.165, 1.54) is 0 Å². The molecule has 236 valence electrons. The van der Waals surface area contributed by atoms with Crippen molar-refractivity contribution in [2.75, 3.05) is 24.7 Å². The van der Waals surface area contributed by atoms with E-state index in [2.05, 4.69) is 16.0 Å². The van der Waals surface area contributed by atoms with Crippen molar-refractivity contribution in [1.29, 1.82) is 5.26 Å². The molecule has 0 saturated heterocycles. The third kappa shape index (κ3) is 13.5. The van der Waals surface area contributed by atoms with Gasteiger partial charge in [0.15, 0.2) is 9.84 Å². The lowest BCUT2D eigenvalue weighted by Crippen LogP contribution is -2.56. The van der Waals surface area contributed by atoms with Gasteiger partial charge in [0.25, 0.3) is 0 Å². The van der Waals surface area contributed by atoms with E-state index in [1.807, 2.05) is 31.2 Å². The van der Waals surface area contributed by atoms with E-state index in [1.54, 1.807) is 13.0 Å². The number of nitrogens with zero attached hydrogens (tertiary/aromatic N) is 1. The van der Waals surface area contributed by atoms with Gasteiger partial charge in [-0.3, -0.25) is 4.79 Å². The number of carbonyl (C=O) groups excluding carboxylic acids is 2. The molecule has 2 amide bonds. The highest BCUT2D eigenvalue weighted by Crippen LogP contribution is 2.13. The van der Waals surface area contributed by atoms with Crippen LogP contribution in [0.3, 0.4) is 0 Å². The predicted molar refractivity (Wildman–Crippen MR) is 158 cm³/mol. The van der Waals surface area contributed by atoms with Crippen LogP contribution >= 0.6 is 0 Å². The number of sulfone groups is 1. The van der Waals surface area contributed by atoms with Gasteiger partial charge in [0.2, 0.25) is 5.91 Å². The average molecular weight is 623 g/mol. The molecule has 0 aliphatic rings. The first-order chi connectivity index (χ1) is 20.5. The van der Waals surface area contributed by atoms with Crippen LogP contribution in [0.2, 0.25) is 0 Å². The number of amides is 2. The van der Waals surface area contributed by atoms with Gasteiger partial charge in [-0.1, -0.05) is 44.5 Å². The molecule has 0 aliphatic heterocycles. The SMILES string of the molecule is CCCCS(=O)(=O)C[C@@H](NC(=O)OCCC#N)C(=O)N[C@@H](Cc1cc(F)cc(F)c1)[C@H](O)CNCc1cccc(CC)c1. The monoisotopic (exact) mass is 622 g/mol. The highest BCUT2D eigenvalue weighted by atomic mass is 32.2. The average Bonchev–Trinajstić information content (AvgIpc) is 2.95. The Bertz CT molecular complexity index is 1330. The van der Waals surface area contributed by atoms with E-state index in [-0.39, 0.29) is 37.3 Å². The van der Waals surface area contributed by atoms with Crippen molar-refractivity contribution in [3.63, 3.8) is 0 Å². The summed E-state index contributed by atoms with van der Waals surface area (Å²) in [5.74, 6) is -3.57. The van der Waals surface area contributed by atoms with Gasteiger partial charge >= 0.3 is 6.09 Å². The molecule has 13 heteroatoms. The van der Waals surface area contributed by atoms with Crippen LogP contribution in [0.4, 0.5) is 13.6 Å². The van der Waals surface area contributed by atoms with Crippen molar-refractivity contribution in [2.45, 2.75) is 70.7 Å². The lowest BCUT2D eigenvalue weighted by atomic mass is 10.00. The first kappa shape index (κ1) is 35.6. The molecule has 0 heterocycles. The van der Waals surface area contributed by atoms with Gasteiger partial charge in [-0.25, -0.2) is 22.0 Å². The summed E-state index contributed by atoms with van der Waals surface area (Å²) < 4.78 is 58.1. The highest BCUT2D eigenvalue weighted by Gasteiger charge is 2.31. The maximum Gasteiger partial charge on any atom is 0.407 e. The first-order valence-electron chi connectivity index (χ1n) is 14.2. The van der Waals surface area contributed by atoms with Gasteiger partial charge < -0.3 is 25.8 Å². The van der Waals surface area contributed by atoms with Gasteiger partial charge in [-0.05, 0) is 48.1 Å². The molecule has 0 radical (unpaired) electrons. The summed E-state index contributed by atoms with van der Waals surface area (Å²) in [6, 6.07) is 9.74. The zero-order chi connectivity index (χ0) is 31.8. The Morgan fingerprint density at radius 2 is 1.74 bits per heavy atom. The molecular weight excluding hydrogens is 582 g/mol. The van der Waals surface area contributed by atoms with Gasteiger partial charge in [0.05, 0.1) is 36.1 Å². The number of aryl methyl sites for hydroxylation is 1. The lowest BCUT2D eigenvalue weighted by molar-refractivity contribution is -0.124. The zero-order valence-corrected chi connectivity index (χ0v) is 25.3. The molecule has 4 N–H and O–H groups in total. The number of hydrogen-bond donors (Lipinski definition) is 4. The quantitative estimate of drug-likeness (QED) is 0.185. The summed E-state index contributed by atoms with van der Waals surface area (Å²) in [7, 11) is -3.79. The van der Waals surface area contributed by atoms with E-state index >= 15 is 0 Å². The minimum Gasteiger partial charge on any atom is -0.448 e. The molecule has 0 saturated carbocycles. The Labute approximate surface area is 251 Å². The molecule has 3 atom stereocenters. The fourth-order valence-corrected chi connectivity index (χ4v) is 5.91. The molecule has 10 nitrogen and oxygen atoms in total. The van der Waals surface area contributed by atoms with Gasteiger partial charge in [0, 0.05) is 19.2 Å². The lowest BCUT2D eigenvalue weighted by Gasteiger charge is -2.27. The Morgan fingerprint density at radius 3 is 2.40 bits per heavy atom. The number of benzene rings is 2. The standard InChI is InChI=1S/C30H40F2N4O6S/c1-3-5-12-43(40,41)20-27(36-30(39)42-11-7-10-33)29(38)35-26(16-23-14-24(31)17-25(32)15-23)28(37)19-34-18-22-9-6-8-21(4-2)13-22/h6,8-9,13-15,17,26-28,34,37H,3-5,7,11-12,16,18-20H2,1-2H3,(H,35,38)(H,36,39)/t26-,27+,28+/m0/s1. The van der Waals surface area contributed by atoms with Crippen LogP contribution in [0.1, 0.15) is 49.8 Å². The van der Waals surface area contributed by atoms with E-state index in [0.29, 0.717) is 25.5 Å². The molecule has 0 spiro atoms. The topological polar surface area (TPSA) is 158 Å². The summed E-state index contributed by atoms with van der Waals surface area (Å²) in [5.41, 5.74) is 2.25. The molecule has 43 heavy (non-hydrogen) atoms. The number of halogens is 2. The second kappa shape index (κ2) is 18.1. The van der Waals surface area contributed by atoms with E-state index in [9.17, 15) is 31.9 Å².